The number of hydrogen-bond acceptors (Lipinski definition) is 8. The zero-order valence-electron chi connectivity index (χ0n) is 21.3. The minimum absolute atomic E-state index is 0.0234. The molecule has 2 rings (SSSR count). The summed E-state index contributed by atoms with van der Waals surface area (Å²) in [5.41, 5.74) is 1.42. The topological polar surface area (TPSA) is 134 Å². The van der Waals surface area contributed by atoms with Gasteiger partial charge in [-0.3, -0.25) is 10.1 Å². The lowest BCUT2D eigenvalue weighted by atomic mass is 10.1. The van der Waals surface area contributed by atoms with E-state index in [4.69, 9.17) is 0 Å². The molecule has 194 valence electrons. The molecule has 0 fully saturated rings. The van der Waals surface area contributed by atoms with Gasteiger partial charge in [-0.15, -0.1) is 10.2 Å². The molecule has 2 N–H and O–H groups in total. The number of hydrazone groups is 1. The molecule has 0 spiro atoms. The number of rotatable bonds is 9. The van der Waals surface area contributed by atoms with Crippen molar-refractivity contribution in [1.29, 1.82) is 0 Å². The van der Waals surface area contributed by atoms with E-state index in [0.717, 1.165) is 27.2 Å². The lowest BCUT2D eigenvalue weighted by Crippen LogP contribution is -2.34. The van der Waals surface area contributed by atoms with Crippen molar-refractivity contribution in [2.45, 2.75) is 48.0 Å². The molecule has 0 unspecified atom stereocenters. The van der Waals surface area contributed by atoms with Crippen LogP contribution in [0.25, 0.3) is 0 Å². The van der Waals surface area contributed by atoms with Crippen molar-refractivity contribution in [3.8, 4) is 0 Å². The van der Waals surface area contributed by atoms with Gasteiger partial charge in [0.2, 0.25) is 5.91 Å². The molecule has 0 saturated carbocycles. The summed E-state index contributed by atoms with van der Waals surface area (Å²) in [6.07, 6.45) is 2.41. The van der Waals surface area contributed by atoms with Gasteiger partial charge in [-0.25, -0.2) is 17.9 Å². The monoisotopic (exact) mass is 532 g/mol. The summed E-state index contributed by atoms with van der Waals surface area (Å²) < 4.78 is 26.3. The average molecular weight is 533 g/mol. The van der Waals surface area contributed by atoms with Crippen LogP contribution in [0.2, 0.25) is 0 Å². The van der Waals surface area contributed by atoms with Gasteiger partial charge in [0.15, 0.2) is 11.6 Å². The van der Waals surface area contributed by atoms with Crippen molar-refractivity contribution in [2.75, 3.05) is 10.3 Å². The fraction of sp³-hybridized carbons (Fsp3) is 0.292. The normalized spacial score (nSPS) is 11.6. The summed E-state index contributed by atoms with van der Waals surface area (Å²) in [5, 5.41) is 15.4. The molecule has 0 saturated heterocycles. The van der Waals surface area contributed by atoms with Crippen molar-refractivity contribution in [3.05, 3.63) is 69.8 Å². The van der Waals surface area contributed by atoms with Crippen molar-refractivity contribution in [2.24, 2.45) is 5.10 Å². The Morgan fingerprint density at radius 2 is 1.75 bits per heavy atom. The number of carbonyl (C=O) groups excluding carboxylic acids is 2. The Bertz CT molecular complexity index is 1210. The molecule has 1 aromatic carbocycles. The number of thioether (sulfide) groups is 1. The average Bonchev–Trinajstić information content (AvgIpc) is 2.87. The molecule has 0 aliphatic rings. The minimum Gasteiger partial charge on any atom is -0.290 e. The third-order valence-electron chi connectivity index (χ3n) is 4.29. The Hall–Kier alpha value is -3.51. The van der Waals surface area contributed by atoms with Gasteiger partial charge in [-0.2, -0.15) is 10.1 Å². The van der Waals surface area contributed by atoms with E-state index < -0.39 is 22.0 Å². The number of carbonyl (C=O) groups is 2. The second-order valence-electron chi connectivity index (χ2n) is 6.80. The minimum atomic E-state index is -4.12. The first kappa shape index (κ1) is 30.5. The number of amides is 3. The number of nitrogens with zero attached hydrogens (tertiary/aromatic N) is 4. The van der Waals surface area contributed by atoms with E-state index in [1.165, 1.54) is 19.1 Å². The molecule has 0 radical (unpaired) electrons. The number of sulfonamides is 1. The van der Waals surface area contributed by atoms with Gasteiger partial charge in [-0.05, 0) is 42.9 Å². The number of anilines is 2. The summed E-state index contributed by atoms with van der Waals surface area (Å²) in [6.45, 7) is 14.3. The first-order valence-corrected chi connectivity index (χ1v) is 13.5. The van der Waals surface area contributed by atoms with Crippen LogP contribution in [0.4, 0.5) is 16.4 Å². The predicted molar refractivity (Wildman–Crippen MR) is 147 cm³/mol. The van der Waals surface area contributed by atoms with Gasteiger partial charge < -0.3 is 0 Å². The molecule has 0 bridgehead atoms. The van der Waals surface area contributed by atoms with Crippen LogP contribution < -0.4 is 15.0 Å². The van der Waals surface area contributed by atoms with Crippen LogP contribution in [0.3, 0.4) is 0 Å². The van der Waals surface area contributed by atoms with E-state index in [1.54, 1.807) is 19.9 Å². The second-order valence-corrected chi connectivity index (χ2v) is 9.98. The fourth-order valence-electron chi connectivity index (χ4n) is 2.53. The molecule has 2 aromatic rings. The van der Waals surface area contributed by atoms with Crippen LogP contribution >= 0.6 is 11.8 Å². The number of allylic oxidation sites excluding steroid dienone is 2. The Kier molecular flexibility index (Phi) is 12.5. The van der Waals surface area contributed by atoms with Crippen molar-refractivity contribution in [3.63, 3.8) is 0 Å². The maximum atomic E-state index is 12.3. The fourth-order valence-corrected chi connectivity index (χ4v) is 4.38. The molecule has 0 atom stereocenters. The van der Waals surface area contributed by atoms with E-state index in [0.29, 0.717) is 12.1 Å². The molecule has 10 nitrogen and oxygen atoms in total. The highest BCUT2D eigenvalue weighted by molar-refractivity contribution is 8.20. The smallest absolute Gasteiger partial charge is 0.290 e. The van der Waals surface area contributed by atoms with E-state index in [1.807, 2.05) is 55.8 Å². The molecular formula is C24H32N6O4S2. The highest BCUT2D eigenvalue weighted by Crippen LogP contribution is 2.29. The Morgan fingerprint density at radius 1 is 1.11 bits per heavy atom. The number of nitrogens with one attached hydrogen (secondary N) is 2. The maximum Gasteiger partial charge on any atom is 0.334 e. The van der Waals surface area contributed by atoms with E-state index >= 15 is 0 Å². The van der Waals surface area contributed by atoms with Crippen LogP contribution in [-0.4, -0.2) is 36.3 Å². The molecule has 0 aliphatic heterocycles. The first-order valence-electron chi connectivity index (χ1n) is 11.2. The molecule has 0 aliphatic carbocycles. The van der Waals surface area contributed by atoms with Crippen LogP contribution in [0.1, 0.15) is 53.5 Å². The number of benzene rings is 1. The number of hydrogen-bond donors (Lipinski definition) is 2. The summed E-state index contributed by atoms with van der Waals surface area (Å²) in [6, 6.07) is 11.1. The highest BCUT2D eigenvalue weighted by atomic mass is 32.3. The van der Waals surface area contributed by atoms with Crippen molar-refractivity contribution in [1.82, 2.24) is 14.9 Å². The van der Waals surface area contributed by atoms with E-state index in [2.05, 4.69) is 27.2 Å². The maximum absolute atomic E-state index is 12.3. The largest absolute Gasteiger partial charge is 0.334 e. The van der Waals surface area contributed by atoms with Crippen molar-refractivity contribution < 1.29 is 18.0 Å². The lowest BCUT2D eigenvalue weighted by Gasteiger charge is -2.15. The van der Waals surface area contributed by atoms with Gasteiger partial charge in [0.1, 0.15) is 4.24 Å². The first-order chi connectivity index (χ1) is 17.1. The van der Waals surface area contributed by atoms with Crippen LogP contribution in [-0.2, 0) is 14.8 Å². The number of urea groups is 1. The molecule has 1 aromatic heterocycles. The Labute approximate surface area is 217 Å². The quantitative estimate of drug-likeness (QED) is 0.333. The zero-order chi connectivity index (χ0) is 27.3. The summed E-state index contributed by atoms with van der Waals surface area (Å²) >= 11 is 0.969. The van der Waals surface area contributed by atoms with E-state index in [-0.39, 0.29) is 15.9 Å². The second kappa shape index (κ2) is 14.8. The molecule has 36 heavy (non-hydrogen) atoms. The third kappa shape index (κ3) is 9.27. The summed E-state index contributed by atoms with van der Waals surface area (Å²) in [4.78, 5) is 25.1. The SMILES string of the molecule is C=C(S/C(=C\C)CC)S(=O)(=O)NC(=O)Nc1ccc(N(/N=C(\C)c2ccccc2)C(C)=O)nn1.CC. The van der Waals surface area contributed by atoms with Gasteiger partial charge in [0.05, 0.1) is 5.71 Å². The van der Waals surface area contributed by atoms with Crippen LogP contribution in [0, 0.1) is 0 Å². The van der Waals surface area contributed by atoms with E-state index in [9.17, 15) is 18.0 Å². The third-order valence-corrected chi connectivity index (χ3v) is 7.27. The van der Waals surface area contributed by atoms with Crippen LogP contribution in [0.5, 0.6) is 0 Å². The van der Waals surface area contributed by atoms with Gasteiger partial charge in [-0.1, -0.05) is 75.5 Å². The lowest BCUT2D eigenvalue weighted by molar-refractivity contribution is -0.116. The number of aromatic nitrogens is 2. The van der Waals surface area contributed by atoms with Crippen molar-refractivity contribution >= 4 is 51.1 Å². The standard InChI is InChI=1S/C22H26N6O4S2.C2H6/c1-6-19(7-2)33-17(5)34(31,32)27-22(30)23-20-13-14-21(25-24-20)28(16(4)29)26-15(3)18-11-9-8-10-12-18;1-2/h6,8-14H,5,7H2,1-4H3,(H2,23,24,27,30);1-2H3/b19-6-,26-15+;. The zero-order valence-corrected chi connectivity index (χ0v) is 22.9. The predicted octanol–water partition coefficient (Wildman–Crippen LogP) is 5.25. The Balaban J connectivity index is 0.00000316. The molecule has 3 amide bonds. The molecule has 12 heteroatoms. The van der Waals surface area contributed by atoms with Gasteiger partial charge in [0.25, 0.3) is 10.0 Å². The summed E-state index contributed by atoms with van der Waals surface area (Å²) in [7, 11) is -4.12. The summed E-state index contributed by atoms with van der Waals surface area (Å²) in [5.74, 6) is -0.285. The van der Waals surface area contributed by atoms with Gasteiger partial charge >= 0.3 is 6.03 Å². The Morgan fingerprint density at radius 3 is 2.25 bits per heavy atom. The highest BCUT2D eigenvalue weighted by Gasteiger charge is 2.21. The molecular weight excluding hydrogens is 500 g/mol. The van der Waals surface area contributed by atoms with Crippen LogP contribution in [0.15, 0.2) is 69.4 Å². The van der Waals surface area contributed by atoms with Gasteiger partial charge in [0, 0.05) is 6.92 Å². The molecule has 1 heterocycles.